The van der Waals surface area contributed by atoms with E-state index < -0.39 is 41.1 Å². The zero-order valence-electron chi connectivity index (χ0n) is 21.5. The number of ketones is 1. The second kappa shape index (κ2) is 11.3. The van der Waals surface area contributed by atoms with Crippen molar-refractivity contribution in [3.63, 3.8) is 0 Å². The second-order valence-corrected chi connectivity index (χ2v) is 10.9. The maximum Gasteiger partial charge on any atom is 0.333 e. The Bertz CT molecular complexity index is 1640. The lowest BCUT2D eigenvalue weighted by Crippen LogP contribution is -2.36. The number of aliphatic hydroxyl groups excluding tert-OH is 2. The molecule has 2 aromatic heterocycles. The Morgan fingerprint density at radius 2 is 1.95 bits per heavy atom. The van der Waals surface area contributed by atoms with Crippen LogP contribution in [0.3, 0.4) is 0 Å². The van der Waals surface area contributed by atoms with Gasteiger partial charge in [-0.3, -0.25) is 8.98 Å². The molecule has 5 N–H and O–H groups in total. The molecule has 2 heterocycles. The van der Waals surface area contributed by atoms with Crippen LogP contribution >= 0.6 is 0 Å². The Labute approximate surface area is 230 Å². The summed E-state index contributed by atoms with van der Waals surface area (Å²) in [7, 11) is -2.59. The summed E-state index contributed by atoms with van der Waals surface area (Å²) in [6, 6.07) is 14.5. The van der Waals surface area contributed by atoms with Crippen molar-refractivity contribution in [3.05, 3.63) is 83.9 Å². The minimum absolute atomic E-state index is 0.148. The minimum Gasteiger partial charge on any atom is -0.497 e. The summed E-state index contributed by atoms with van der Waals surface area (Å²) in [5.74, 6) is -0.124. The van der Waals surface area contributed by atoms with E-state index in [0.29, 0.717) is 12.1 Å². The van der Waals surface area contributed by atoms with E-state index in [9.17, 15) is 23.4 Å². The molecule has 13 heteroatoms. The van der Waals surface area contributed by atoms with Gasteiger partial charge < -0.3 is 24.8 Å². The van der Waals surface area contributed by atoms with Gasteiger partial charge in [0.05, 0.1) is 31.4 Å². The Morgan fingerprint density at radius 3 is 2.73 bits per heavy atom. The van der Waals surface area contributed by atoms with Crippen molar-refractivity contribution in [2.24, 2.45) is 11.1 Å². The van der Waals surface area contributed by atoms with E-state index in [-0.39, 0.29) is 23.6 Å². The highest BCUT2D eigenvalue weighted by Gasteiger charge is 2.42. The molecule has 0 amide bonds. The number of nitrogens with two attached hydrogens (primary N) is 1. The monoisotopic (exact) mass is 567 g/mol. The quantitative estimate of drug-likeness (QED) is 0.205. The average molecular weight is 568 g/mol. The van der Waals surface area contributed by atoms with Gasteiger partial charge >= 0.3 is 10.3 Å². The number of anilines is 1. The molecule has 0 aliphatic heterocycles. The van der Waals surface area contributed by atoms with Crippen LogP contribution in [0.4, 0.5) is 5.82 Å². The third kappa shape index (κ3) is 5.83. The third-order valence-corrected chi connectivity index (χ3v) is 7.51. The van der Waals surface area contributed by atoms with Gasteiger partial charge in [-0.15, -0.1) is 0 Å². The lowest BCUT2D eigenvalue weighted by Gasteiger charge is -2.19. The molecule has 1 fully saturated rings. The Balaban J connectivity index is 1.42. The number of aliphatic hydroxyl groups is 2. The zero-order chi connectivity index (χ0) is 28.4. The smallest absolute Gasteiger partial charge is 0.333 e. The predicted octanol–water partition coefficient (Wildman–Crippen LogP) is 1.46. The zero-order valence-corrected chi connectivity index (χ0v) is 22.4. The highest BCUT2D eigenvalue weighted by atomic mass is 32.2. The van der Waals surface area contributed by atoms with Crippen molar-refractivity contribution in [2.75, 3.05) is 19.0 Å². The maximum atomic E-state index is 13.9. The third-order valence-electron chi connectivity index (χ3n) is 7.05. The van der Waals surface area contributed by atoms with Crippen molar-refractivity contribution >= 4 is 32.8 Å². The van der Waals surface area contributed by atoms with Crippen LogP contribution < -0.4 is 15.2 Å². The van der Waals surface area contributed by atoms with Gasteiger partial charge in [0.1, 0.15) is 24.0 Å². The first-order chi connectivity index (χ1) is 19.1. The SMILES string of the molecule is COc1cccc(Cn2cc(C(=O)c3cncnc3N[C@@H]3C[C@H](COS(N)(=O)=O)[C@@H](O)[C@H]3O)c3ccccc32)c1. The molecular formula is C27H29N5O7S. The lowest BCUT2D eigenvalue weighted by atomic mass is 10.0. The van der Waals surface area contributed by atoms with Crippen LogP contribution in [0.2, 0.25) is 0 Å². The first-order valence-electron chi connectivity index (χ1n) is 12.5. The Hall–Kier alpha value is -3.88. The molecule has 2 aromatic carbocycles. The number of para-hydroxylation sites is 1. The summed E-state index contributed by atoms with van der Waals surface area (Å²) in [4.78, 5) is 22.1. The van der Waals surface area contributed by atoms with Gasteiger partial charge in [-0.05, 0) is 30.2 Å². The number of nitrogens with one attached hydrogen (secondary N) is 1. The van der Waals surface area contributed by atoms with E-state index in [4.69, 9.17) is 9.88 Å². The number of aromatic nitrogens is 3. The molecule has 4 aromatic rings. The Morgan fingerprint density at radius 1 is 1.15 bits per heavy atom. The van der Waals surface area contributed by atoms with Gasteiger partial charge in [-0.1, -0.05) is 30.3 Å². The highest BCUT2D eigenvalue weighted by Crippen LogP contribution is 2.32. The van der Waals surface area contributed by atoms with Gasteiger partial charge in [-0.2, -0.15) is 8.42 Å². The highest BCUT2D eigenvalue weighted by molar-refractivity contribution is 7.84. The Kier molecular flexibility index (Phi) is 7.83. The summed E-state index contributed by atoms with van der Waals surface area (Å²) >= 11 is 0. The van der Waals surface area contributed by atoms with Crippen LogP contribution in [-0.4, -0.2) is 70.9 Å². The number of rotatable bonds is 10. The van der Waals surface area contributed by atoms with Crippen LogP contribution in [-0.2, 0) is 21.0 Å². The van der Waals surface area contributed by atoms with Crippen LogP contribution in [0.1, 0.15) is 27.9 Å². The summed E-state index contributed by atoms with van der Waals surface area (Å²) in [5.41, 5.74) is 2.49. The standard InChI is InChI=1S/C27H29N5O7S/c1-38-18-6-4-5-16(9-18)12-32-13-21(19-7-2-3-8-23(19)32)25(34)20-11-29-15-30-27(20)31-22-10-17(24(33)26(22)35)14-39-40(28,36)37/h2-9,11,13,15,17,22,24,26,33,35H,10,12,14H2,1H3,(H2,28,36,37)(H,29,30,31)/t17-,22-,24-,26+/m1/s1. The van der Waals surface area contributed by atoms with Crippen molar-refractivity contribution in [1.29, 1.82) is 0 Å². The number of nitrogens with zero attached hydrogens (tertiary/aromatic N) is 3. The molecule has 1 aliphatic carbocycles. The van der Waals surface area contributed by atoms with Crippen LogP contribution in [0.15, 0.2) is 67.3 Å². The molecule has 40 heavy (non-hydrogen) atoms. The molecule has 0 unspecified atom stereocenters. The molecule has 12 nitrogen and oxygen atoms in total. The molecular weight excluding hydrogens is 538 g/mol. The van der Waals surface area contributed by atoms with E-state index in [0.717, 1.165) is 22.2 Å². The summed E-state index contributed by atoms with van der Waals surface area (Å²) in [6.45, 7) is 0.118. The van der Waals surface area contributed by atoms with E-state index in [1.54, 1.807) is 13.3 Å². The number of carbonyl (C=O) groups excluding carboxylic acids is 1. The maximum absolute atomic E-state index is 13.9. The number of methoxy groups -OCH3 is 1. The number of ether oxygens (including phenoxy) is 1. The molecule has 0 spiro atoms. The molecule has 210 valence electrons. The van der Waals surface area contributed by atoms with Gasteiger partial charge in [0.15, 0.2) is 5.78 Å². The largest absolute Gasteiger partial charge is 0.497 e. The van der Waals surface area contributed by atoms with Crippen molar-refractivity contribution in [1.82, 2.24) is 14.5 Å². The molecule has 5 rings (SSSR count). The van der Waals surface area contributed by atoms with Gasteiger partial charge in [0, 0.05) is 41.3 Å². The van der Waals surface area contributed by atoms with E-state index in [1.165, 1.54) is 12.5 Å². The minimum atomic E-state index is -4.20. The van der Waals surface area contributed by atoms with Crippen molar-refractivity contribution in [2.45, 2.75) is 31.2 Å². The van der Waals surface area contributed by atoms with Crippen molar-refractivity contribution < 1.29 is 32.3 Å². The molecule has 4 atom stereocenters. The number of hydrogen-bond acceptors (Lipinski definition) is 10. The molecule has 0 bridgehead atoms. The van der Waals surface area contributed by atoms with E-state index in [1.807, 2.05) is 53.1 Å². The van der Waals surface area contributed by atoms with Gasteiger partial charge in [-0.25, -0.2) is 15.1 Å². The molecule has 1 aliphatic rings. The fourth-order valence-electron chi connectivity index (χ4n) is 5.07. The first kappa shape index (κ1) is 27.7. The fourth-order valence-corrected chi connectivity index (χ4v) is 5.44. The summed E-state index contributed by atoms with van der Waals surface area (Å²) in [5, 5.41) is 29.7. The lowest BCUT2D eigenvalue weighted by molar-refractivity contribution is 0.00778. The van der Waals surface area contributed by atoms with E-state index in [2.05, 4.69) is 19.5 Å². The topological polar surface area (TPSA) is 179 Å². The van der Waals surface area contributed by atoms with Crippen molar-refractivity contribution in [3.8, 4) is 5.75 Å². The summed E-state index contributed by atoms with van der Waals surface area (Å²) in [6.07, 6.45) is 2.06. The van der Waals surface area contributed by atoms with Gasteiger partial charge in [0.25, 0.3) is 0 Å². The number of carbonyl (C=O) groups is 1. The average Bonchev–Trinajstić information content (AvgIpc) is 3.44. The predicted molar refractivity (Wildman–Crippen MR) is 146 cm³/mol. The van der Waals surface area contributed by atoms with E-state index >= 15 is 0 Å². The number of fused-ring (bicyclic) bond motifs is 1. The molecule has 1 saturated carbocycles. The molecule has 0 saturated heterocycles. The summed E-state index contributed by atoms with van der Waals surface area (Å²) < 4.78 is 34.3. The number of hydrogen-bond donors (Lipinski definition) is 4. The molecule has 0 radical (unpaired) electrons. The first-order valence-corrected chi connectivity index (χ1v) is 14.0. The second-order valence-electron chi connectivity index (χ2n) is 9.66. The van der Waals surface area contributed by atoms with Crippen LogP contribution in [0.25, 0.3) is 10.9 Å². The van der Waals surface area contributed by atoms with Crippen LogP contribution in [0, 0.1) is 5.92 Å². The van der Waals surface area contributed by atoms with Gasteiger partial charge in [0.2, 0.25) is 0 Å². The number of benzene rings is 2. The normalized spacial score (nSPS) is 21.0. The van der Waals surface area contributed by atoms with Crippen LogP contribution in [0.5, 0.6) is 5.75 Å². The fraction of sp³-hybridized carbons (Fsp3) is 0.296.